The molecule has 19 heavy (non-hydrogen) atoms. The number of hydrogen-bond acceptors (Lipinski definition) is 4. The summed E-state index contributed by atoms with van der Waals surface area (Å²) in [7, 11) is 5.33. The van der Waals surface area contributed by atoms with E-state index in [4.69, 9.17) is 9.47 Å². The summed E-state index contributed by atoms with van der Waals surface area (Å²) >= 11 is 5.50. The molecule has 0 bridgehead atoms. The van der Waals surface area contributed by atoms with Gasteiger partial charge in [0.05, 0.1) is 14.2 Å². The van der Waals surface area contributed by atoms with Crippen molar-refractivity contribution in [3.05, 3.63) is 22.2 Å². The molecule has 0 saturated carbocycles. The molecule has 1 rings (SSSR count). The summed E-state index contributed by atoms with van der Waals surface area (Å²) in [4.78, 5) is 0. The number of hydrogen-bond donors (Lipinski definition) is 1. The lowest BCUT2D eigenvalue weighted by molar-refractivity contribution is 0.382. The molecule has 1 aromatic carbocycles. The van der Waals surface area contributed by atoms with Gasteiger partial charge in [0.25, 0.3) is 0 Å². The first kappa shape index (κ1) is 16.7. The van der Waals surface area contributed by atoms with Crippen LogP contribution in [0.15, 0.2) is 16.6 Å². The fraction of sp³-hybridized carbons (Fsp3) is 0.571. The molecule has 1 N–H and O–H groups in total. The Hall–Kier alpha value is -0.390. The largest absolute Gasteiger partial charge is 0.495 e. The van der Waals surface area contributed by atoms with Crippen molar-refractivity contribution in [2.45, 2.75) is 19.4 Å². The van der Waals surface area contributed by atoms with Crippen LogP contribution >= 0.6 is 27.7 Å². The number of methoxy groups -OCH3 is 2. The second kappa shape index (κ2) is 8.72. The van der Waals surface area contributed by atoms with Crippen molar-refractivity contribution >= 4 is 27.7 Å². The number of thioether (sulfide) groups is 1. The summed E-state index contributed by atoms with van der Waals surface area (Å²) in [6, 6.07) is 4.31. The van der Waals surface area contributed by atoms with E-state index >= 15 is 0 Å². The van der Waals surface area contributed by atoms with E-state index in [0.29, 0.717) is 0 Å². The van der Waals surface area contributed by atoms with E-state index in [0.717, 1.165) is 27.3 Å². The number of benzene rings is 1. The minimum Gasteiger partial charge on any atom is -0.495 e. The molecule has 0 spiro atoms. The van der Waals surface area contributed by atoms with Crippen molar-refractivity contribution in [2.75, 3.05) is 32.8 Å². The highest BCUT2D eigenvalue weighted by Crippen LogP contribution is 2.40. The number of ether oxygens (including phenoxy) is 2. The van der Waals surface area contributed by atoms with Crippen molar-refractivity contribution in [2.24, 2.45) is 0 Å². The van der Waals surface area contributed by atoms with E-state index in [-0.39, 0.29) is 6.04 Å². The van der Waals surface area contributed by atoms with Gasteiger partial charge < -0.3 is 14.8 Å². The Labute approximate surface area is 128 Å². The minimum atomic E-state index is 0.272. The Bertz CT molecular complexity index is 401. The standard InChI is InChI=1S/C14H22BrNO2S/c1-5-8-19-9-11(16-2)10-6-7-12(17-3)13(15)14(10)18-4/h6-7,11,16H,5,8-9H2,1-4H3. The molecule has 5 heteroatoms. The van der Waals surface area contributed by atoms with Crippen molar-refractivity contribution in [1.29, 1.82) is 0 Å². The molecule has 0 aliphatic heterocycles. The van der Waals surface area contributed by atoms with E-state index in [1.165, 1.54) is 12.2 Å². The second-order valence-electron chi connectivity index (χ2n) is 4.12. The molecule has 0 aliphatic carbocycles. The first-order valence-corrected chi connectivity index (χ1v) is 8.29. The third-order valence-corrected chi connectivity index (χ3v) is 4.89. The molecule has 1 aromatic rings. The zero-order chi connectivity index (χ0) is 14.3. The van der Waals surface area contributed by atoms with Crippen LogP contribution < -0.4 is 14.8 Å². The fourth-order valence-electron chi connectivity index (χ4n) is 1.87. The second-order valence-corrected chi connectivity index (χ2v) is 6.06. The lowest BCUT2D eigenvalue weighted by Crippen LogP contribution is -2.20. The molecular formula is C14H22BrNO2S. The Morgan fingerprint density at radius 2 is 2.05 bits per heavy atom. The van der Waals surface area contributed by atoms with E-state index in [9.17, 15) is 0 Å². The van der Waals surface area contributed by atoms with E-state index in [1.54, 1.807) is 14.2 Å². The van der Waals surface area contributed by atoms with Crippen LogP contribution in [0.2, 0.25) is 0 Å². The van der Waals surface area contributed by atoms with E-state index in [2.05, 4.69) is 34.2 Å². The summed E-state index contributed by atoms with van der Waals surface area (Å²) in [5, 5.41) is 3.35. The van der Waals surface area contributed by atoms with Gasteiger partial charge in [0.2, 0.25) is 0 Å². The lowest BCUT2D eigenvalue weighted by atomic mass is 10.1. The SMILES string of the molecule is CCCSCC(NC)c1ccc(OC)c(Br)c1OC. The van der Waals surface area contributed by atoms with Crippen molar-refractivity contribution in [3.8, 4) is 11.5 Å². The minimum absolute atomic E-state index is 0.272. The molecule has 0 aliphatic rings. The Morgan fingerprint density at radius 3 is 2.58 bits per heavy atom. The summed E-state index contributed by atoms with van der Waals surface area (Å²) < 4.78 is 11.7. The summed E-state index contributed by atoms with van der Waals surface area (Å²) in [5.74, 6) is 3.84. The fourth-order valence-corrected chi connectivity index (χ4v) is 3.59. The van der Waals surface area contributed by atoms with Gasteiger partial charge in [0, 0.05) is 17.4 Å². The van der Waals surface area contributed by atoms with Crippen LogP contribution in [0.25, 0.3) is 0 Å². The van der Waals surface area contributed by atoms with Crippen LogP contribution in [0, 0.1) is 0 Å². The Balaban J connectivity index is 2.99. The van der Waals surface area contributed by atoms with Gasteiger partial charge >= 0.3 is 0 Å². The van der Waals surface area contributed by atoms with Crippen LogP contribution in [-0.2, 0) is 0 Å². The quantitative estimate of drug-likeness (QED) is 0.723. The first-order valence-electron chi connectivity index (χ1n) is 6.34. The molecule has 0 fully saturated rings. The van der Waals surface area contributed by atoms with Crippen molar-refractivity contribution in [1.82, 2.24) is 5.32 Å². The van der Waals surface area contributed by atoms with Gasteiger partial charge in [-0.25, -0.2) is 0 Å². The topological polar surface area (TPSA) is 30.5 Å². The Kier molecular flexibility index (Phi) is 7.64. The molecule has 108 valence electrons. The third-order valence-electron chi connectivity index (χ3n) is 2.87. The van der Waals surface area contributed by atoms with Gasteiger partial charge in [-0.3, -0.25) is 0 Å². The molecule has 0 saturated heterocycles. The average Bonchev–Trinajstić information content (AvgIpc) is 2.43. The molecule has 0 amide bonds. The molecular weight excluding hydrogens is 326 g/mol. The number of nitrogens with one attached hydrogen (secondary N) is 1. The molecule has 0 aromatic heterocycles. The van der Waals surface area contributed by atoms with Gasteiger partial charge in [0.1, 0.15) is 16.0 Å². The lowest BCUT2D eigenvalue weighted by Gasteiger charge is -2.21. The zero-order valence-corrected chi connectivity index (χ0v) is 14.4. The molecule has 0 radical (unpaired) electrons. The van der Waals surface area contributed by atoms with E-state index in [1.807, 2.05) is 24.9 Å². The van der Waals surface area contributed by atoms with Gasteiger partial charge in [0.15, 0.2) is 0 Å². The molecule has 1 unspecified atom stereocenters. The maximum Gasteiger partial charge on any atom is 0.141 e. The molecule has 1 atom stereocenters. The van der Waals surface area contributed by atoms with Crippen molar-refractivity contribution < 1.29 is 9.47 Å². The van der Waals surface area contributed by atoms with Gasteiger partial charge in [-0.1, -0.05) is 6.92 Å². The maximum atomic E-state index is 5.53. The molecule has 0 heterocycles. The average molecular weight is 348 g/mol. The van der Waals surface area contributed by atoms with Crippen molar-refractivity contribution in [3.63, 3.8) is 0 Å². The third kappa shape index (κ3) is 4.29. The van der Waals surface area contributed by atoms with Gasteiger partial charge in [-0.2, -0.15) is 11.8 Å². The van der Waals surface area contributed by atoms with Crippen LogP contribution in [0.3, 0.4) is 0 Å². The Morgan fingerprint density at radius 1 is 1.32 bits per heavy atom. The predicted molar refractivity (Wildman–Crippen MR) is 86.7 cm³/mol. The highest BCUT2D eigenvalue weighted by Gasteiger charge is 2.19. The summed E-state index contributed by atoms with van der Waals surface area (Å²) in [6.45, 7) is 2.20. The summed E-state index contributed by atoms with van der Waals surface area (Å²) in [6.07, 6.45) is 1.20. The van der Waals surface area contributed by atoms with Crippen LogP contribution in [0.1, 0.15) is 24.9 Å². The highest BCUT2D eigenvalue weighted by molar-refractivity contribution is 9.10. The smallest absolute Gasteiger partial charge is 0.141 e. The van der Waals surface area contributed by atoms with Crippen LogP contribution in [-0.4, -0.2) is 32.8 Å². The van der Waals surface area contributed by atoms with Crippen LogP contribution in [0.5, 0.6) is 11.5 Å². The number of rotatable bonds is 8. The molecule has 3 nitrogen and oxygen atoms in total. The number of halogens is 1. The van der Waals surface area contributed by atoms with E-state index < -0.39 is 0 Å². The van der Waals surface area contributed by atoms with Crippen LogP contribution in [0.4, 0.5) is 0 Å². The van der Waals surface area contributed by atoms with Gasteiger partial charge in [-0.05, 0) is 47.3 Å². The maximum absolute atomic E-state index is 5.53. The highest BCUT2D eigenvalue weighted by atomic mass is 79.9. The predicted octanol–water partition coefficient (Wildman–Crippen LogP) is 3.87. The first-order chi connectivity index (χ1) is 9.19. The normalized spacial score (nSPS) is 12.3. The monoisotopic (exact) mass is 347 g/mol. The van der Waals surface area contributed by atoms with Gasteiger partial charge in [-0.15, -0.1) is 0 Å². The zero-order valence-electron chi connectivity index (χ0n) is 12.0. The summed E-state index contributed by atoms with van der Waals surface area (Å²) in [5.41, 5.74) is 1.15.